The third-order valence-electron chi connectivity index (χ3n) is 4.29. The van der Waals surface area contributed by atoms with Crippen LogP contribution in [-0.2, 0) is 16.1 Å². The summed E-state index contributed by atoms with van der Waals surface area (Å²) in [4.78, 5) is 14.6. The Labute approximate surface area is 154 Å². The third kappa shape index (κ3) is 5.92. The Hall–Kier alpha value is -0.810. The van der Waals surface area contributed by atoms with Gasteiger partial charge in [-0.1, -0.05) is 29.3 Å². The van der Waals surface area contributed by atoms with E-state index >= 15 is 0 Å². The second-order valence-corrected chi connectivity index (χ2v) is 6.93. The van der Waals surface area contributed by atoms with Crippen molar-refractivity contribution in [3.8, 4) is 0 Å². The molecule has 0 radical (unpaired) electrons. The predicted molar refractivity (Wildman–Crippen MR) is 98.6 cm³/mol. The molecular weight excluding hydrogens is 347 g/mol. The van der Waals surface area contributed by atoms with Crippen LogP contribution >= 0.6 is 23.2 Å². The van der Waals surface area contributed by atoms with Gasteiger partial charge in [-0.05, 0) is 44.9 Å². The van der Waals surface area contributed by atoms with Gasteiger partial charge in [-0.2, -0.15) is 0 Å². The zero-order valence-electron chi connectivity index (χ0n) is 14.2. The zero-order chi connectivity index (χ0) is 17.4. The summed E-state index contributed by atoms with van der Waals surface area (Å²) in [5, 5.41) is 4.39. The fraction of sp³-hybridized carbons (Fsp3) is 0.611. The lowest BCUT2D eigenvalue weighted by Gasteiger charge is -2.32. The second kappa shape index (κ2) is 10.2. The molecule has 0 unspecified atom stereocenters. The highest BCUT2D eigenvalue weighted by atomic mass is 35.5. The first-order chi connectivity index (χ1) is 11.6. The molecule has 1 amide bonds. The van der Waals surface area contributed by atoms with E-state index in [9.17, 15) is 4.79 Å². The molecule has 1 N–H and O–H groups in total. The van der Waals surface area contributed by atoms with Gasteiger partial charge in [0.1, 0.15) is 0 Å². The van der Waals surface area contributed by atoms with Gasteiger partial charge in [-0.15, -0.1) is 0 Å². The second-order valence-electron chi connectivity index (χ2n) is 6.12. The Kier molecular flexibility index (Phi) is 8.33. The zero-order valence-corrected chi connectivity index (χ0v) is 15.7. The molecule has 0 saturated carbocycles. The van der Waals surface area contributed by atoms with Crippen LogP contribution in [0.5, 0.6) is 0 Å². The van der Waals surface area contributed by atoms with Crippen LogP contribution in [0.1, 0.15) is 31.7 Å². The molecule has 1 fully saturated rings. The first kappa shape index (κ1) is 19.5. The molecule has 0 aliphatic carbocycles. The molecule has 134 valence electrons. The van der Waals surface area contributed by atoms with Crippen molar-refractivity contribution in [3.63, 3.8) is 0 Å². The number of piperidine rings is 1. The van der Waals surface area contributed by atoms with Gasteiger partial charge in [0.05, 0.1) is 5.92 Å². The van der Waals surface area contributed by atoms with Crippen LogP contribution in [0.2, 0.25) is 10.0 Å². The first-order valence-corrected chi connectivity index (χ1v) is 9.38. The average Bonchev–Trinajstić information content (AvgIpc) is 2.58. The van der Waals surface area contributed by atoms with E-state index in [2.05, 4.69) is 10.2 Å². The van der Waals surface area contributed by atoms with E-state index in [0.717, 1.165) is 44.5 Å². The molecule has 24 heavy (non-hydrogen) atoms. The summed E-state index contributed by atoms with van der Waals surface area (Å²) >= 11 is 12.5. The molecule has 1 atom stereocenters. The highest BCUT2D eigenvalue weighted by Crippen LogP contribution is 2.27. The molecule has 1 saturated heterocycles. The van der Waals surface area contributed by atoms with Gasteiger partial charge in [0.15, 0.2) is 0 Å². The number of likely N-dealkylation sites (tertiary alicyclic amines) is 1. The smallest absolute Gasteiger partial charge is 0.224 e. The van der Waals surface area contributed by atoms with Crippen molar-refractivity contribution >= 4 is 29.1 Å². The molecule has 0 bridgehead atoms. The summed E-state index contributed by atoms with van der Waals surface area (Å²) in [6.45, 7) is 6.46. The molecule has 0 spiro atoms. The normalized spacial score (nSPS) is 18.5. The molecule has 0 aromatic heterocycles. The Bertz CT molecular complexity index is 520. The fourth-order valence-corrected chi connectivity index (χ4v) is 3.51. The van der Waals surface area contributed by atoms with Gasteiger partial charge in [0.25, 0.3) is 0 Å². The summed E-state index contributed by atoms with van der Waals surface area (Å²) < 4.78 is 5.28. The average molecular weight is 373 g/mol. The maximum atomic E-state index is 12.3. The van der Waals surface area contributed by atoms with Crippen LogP contribution < -0.4 is 5.32 Å². The number of rotatable bonds is 8. The van der Waals surface area contributed by atoms with Crippen molar-refractivity contribution in [3.05, 3.63) is 33.8 Å². The number of ether oxygens (including phenoxy) is 1. The van der Waals surface area contributed by atoms with Crippen LogP contribution in [0.3, 0.4) is 0 Å². The van der Waals surface area contributed by atoms with E-state index in [1.165, 1.54) is 0 Å². The Morgan fingerprint density at radius 3 is 2.83 bits per heavy atom. The van der Waals surface area contributed by atoms with E-state index in [0.29, 0.717) is 29.7 Å². The number of carbonyl (C=O) groups excluding carboxylic acids is 1. The molecule has 6 heteroatoms. The van der Waals surface area contributed by atoms with Gasteiger partial charge in [0, 0.05) is 48.5 Å². The van der Waals surface area contributed by atoms with Gasteiger partial charge in [0.2, 0.25) is 5.91 Å². The van der Waals surface area contributed by atoms with E-state index in [1.807, 2.05) is 25.1 Å². The maximum absolute atomic E-state index is 12.3. The number of halogens is 2. The van der Waals surface area contributed by atoms with Crippen LogP contribution in [0, 0.1) is 5.92 Å². The van der Waals surface area contributed by atoms with E-state index in [-0.39, 0.29) is 11.8 Å². The highest BCUT2D eigenvalue weighted by Gasteiger charge is 2.26. The van der Waals surface area contributed by atoms with Crippen molar-refractivity contribution in [1.82, 2.24) is 10.2 Å². The van der Waals surface area contributed by atoms with Gasteiger partial charge < -0.3 is 10.1 Å². The fourth-order valence-electron chi connectivity index (χ4n) is 2.99. The van der Waals surface area contributed by atoms with Crippen LogP contribution in [0.25, 0.3) is 0 Å². The van der Waals surface area contributed by atoms with E-state index < -0.39 is 0 Å². The molecule has 1 aromatic rings. The minimum atomic E-state index is 0.0344. The summed E-state index contributed by atoms with van der Waals surface area (Å²) in [6.07, 6.45) is 2.80. The molecule has 2 rings (SSSR count). The summed E-state index contributed by atoms with van der Waals surface area (Å²) in [6, 6.07) is 5.56. The Balaban J connectivity index is 1.82. The van der Waals surface area contributed by atoms with Gasteiger partial charge in [-0.25, -0.2) is 0 Å². The molecular formula is C18H26Cl2N2O2. The highest BCUT2D eigenvalue weighted by molar-refractivity contribution is 6.35. The van der Waals surface area contributed by atoms with Crippen molar-refractivity contribution in [2.45, 2.75) is 32.7 Å². The standard InChI is InChI=1S/C18H26Cl2N2O2/c1-2-24-11-5-9-21-18(23)14-6-4-10-22(12-14)13-15-16(19)7-3-8-17(15)20/h3,7-8,14H,2,4-6,9-13H2,1H3,(H,21,23)/t14-/m0/s1. The lowest BCUT2D eigenvalue weighted by atomic mass is 9.96. The Morgan fingerprint density at radius 1 is 1.38 bits per heavy atom. The van der Waals surface area contributed by atoms with Crippen LogP contribution in [0.4, 0.5) is 0 Å². The lowest BCUT2D eigenvalue weighted by Crippen LogP contribution is -2.43. The van der Waals surface area contributed by atoms with Crippen molar-refractivity contribution < 1.29 is 9.53 Å². The summed E-state index contributed by atoms with van der Waals surface area (Å²) in [5.41, 5.74) is 0.943. The number of hydrogen-bond donors (Lipinski definition) is 1. The lowest BCUT2D eigenvalue weighted by molar-refractivity contribution is -0.126. The van der Waals surface area contributed by atoms with Crippen molar-refractivity contribution in [2.75, 3.05) is 32.8 Å². The first-order valence-electron chi connectivity index (χ1n) is 8.62. The van der Waals surface area contributed by atoms with Gasteiger partial charge in [-0.3, -0.25) is 9.69 Å². The molecule has 1 aliphatic rings. The van der Waals surface area contributed by atoms with Crippen molar-refractivity contribution in [1.29, 1.82) is 0 Å². The minimum absolute atomic E-state index is 0.0344. The summed E-state index contributed by atoms with van der Waals surface area (Å²) in [5.74, 6) is 0.175. The largest absolute Gasteiger partial charge is 0.382 e. The van der Waals surface area contributed by atoms with Crippen LogP contribution in [-0.4, -0.2) is 43.7 Å². The SMILES string of the molecule is CCOCCCNC(=O)[C@H]1CCCN(Cc2c(Cl)cccc2Cl)C1. The van der Waals surface area contributed by atoms with E-state index in [1.54, 1.807) is 0 Å². The van der Waals surface area contributed by atoms with Gasteiger partial charge >= 0.3 is 0 Å². The molecule has 1 heterocycles. The molecule has 1 aliphatic heterocycles. The quantitative estimate of drug-likeness (QED) is 0.706. The van der Waals surface area contributed by atoms with E-state index in [4.69, 9.17) is 27.9 Å². The summed E-state index contributed by atoms with van der Waals surface area (Å²) in [7, 11) is 0. The number of nitrogens with one attached hydrogen (secondary N) is 1. The number of nitrogens with zero attached hydrogens (tertiary/aromatic N) is 1. The number of hydrogen-bond acceptors (Lipinski definition) is 3. The molecule has 1 aromatic carbocycles. The Morgan fingerprint density at radius 2 is 2.12 bits per heavy atom. The third-order valence-corrected chi connectivity index (χ3v) is 5.00. The number of amides is 1. The predicted octanol–water partition coefficient (Wildman–Crippen LogP) is 3.75. The minimum Gasteiger partial charge on any atom is -0.382 e. The topological polar surface area (TPSA) is 41.6 Å². The van der Waals surface area contributed by atoms with Crippen LogP contribution in [0.15, 0.2) is 18.2 Å². The number of carbonyl (C=O) groups is 1. The monoisotopic (exact) mass is 372 g/mol. The molecule has 4 nitrogen and oxygen atoms in total. The maximum Gasteiger partial charge on any atom is 0.224 e. The number of benzene rings is 1. The van der Waals surface area contributed by atoms with Crippen molar-refractivity contribution in [2.24, 2.45) is 5.92 Å².